The minimum Gasteiger partial charge on any atom is -0.388 e. The lowest BCUT2D eigenvalue weighted by Gasteiger charge is -2.29. The van der Waals surface area contributed by atoms with Gasteiger partial charge in [-0.15, -0.1) is 0 Å². The number of hydrogen-bond donors (Lipinski definition) is 1. The van der Waals surface area contributed by atoms with Gasteiger partial charge in [0.2, 0.25) is 0 Å². The lowest BCUT2D eigenvalue weighted by atomic mass is 9.83. The molecule has 1 aliphatic heterocycles. The van der Waals surface area contributed by atoms with Crippen LogP contribution in [0.4, 0.5) is 0 Å². The van der Waals surface area contributed by atoms with E-state index in [9.17, 15) is 0 Å². The highest BCUT2D eigenvalue weighted by Gasteiger charge is 2.19. The summed E-state index contributed by atoms with van der Waals surface area (Å²) in [6.45, 7) is 2.41. The maximum absolute atomic E-state index is 4.25. The largest absolute Gasteiger partial charge is 0.388 e. The van der Waals surface area contributed by atoms with E-state index in [-0.39, 0.29) is 0 Å². The fraction of sp³-hybridized carbons (Fsp3) is 0.818. The second kappa shape index (κ2) is 6.17. The molecule has 1 saturated heterocycles. The van der Waals surface area contributed by atoms with E-state index in [4.69, 9.17) is 0 Å². The summed E-state index contributed by atoms with van der Waals surface area (Å²) in [5.41, 5.74) is 1.69. The van der Waals surface area contributed by atoms with Crippen molar-refractivity contribution in [2.75, 3.05) is 27.3 Å². The molecule has 0 amide bonds. The van der Waals surface area contributed by atoms with Gasteiger partial charge in [-0.3, -0.25) is 0 Å². The second-order valence-corrected chi connectivity index (χ2v) is 3.78. The molecule has 0 saturated carbocycles. The van der Waals surface area contributed by atoms with Crippen LogP contribution in [0.2, 0.25) is 0 Å². The summed E-state index contributed by atoms with van der Waals surface area (Å²) in [7, 11) is 3.25. The van der Waals surface area contributed by atoms with Crippen LogP contribution < -0.4 is 5.32 Å². The fourth-order valence-electron chi connectivity index (χ4n) is 2.06. The topological polar surface area (TPSA) is 21.3 Å². The van der Waals surface area contributed by atoms with Crippen molar-refractivity contribution < 1.29 is 4.74 Å². The molecule has 1 atom stereocenters. The summed E-state index contributed by atoms with van der Waals surface area (Å²) >= 11 is 0. The monoisotopic (exact) mass is 183 g/mol. The third kappa shape index (κ3) is 3.49. The summed E-state index contributed by atoms with van der Waals surface area (Å²) in [5.74, 6) is 0.954. The minimum absolute atomic E-state index is 0.954. The zero-order chi connectivity index (χ0) is 9.52. The van der Waals surface area contributed by atoms with Crippen LogP contribution in [-0.2, 0) is 4.74 Å². The lowest BCUT2D eigenvalue weighted by molar-refractivity contribution is 0.277. The van der Waals surface area contributed by atoms with E-state index in [0.717, 1.165) is 5.92 Å². The summed E-state index contributed by atoms with van der Waals surface area (Å²) in [6, 6.07) is 0. The number of methoxy groups -OCH3 is 1. The van der Waals surface area contributed by atoms with E-state index in [1.165, 1.54) is 38.8 Å². The molecule has 1 N–H and O–H groups in total. The van der Waals surface area contributed by atoms with Crippen LogP contribution in [0.5, 0.6) is 0 Å². The molecule has 2 aliphatic rings. The van der Waals surface area contributed by atoms with Crippen LogP contribution in [0.25, 0.3) is 0 Å². The normalized spacial score (nSPS) is 26.6. The number of allylic oxidation sites excluding steroid dienone is 1. The Hall–Kier alpha value is -0.340. The van der Waals surface area contributed by atoms with Gasteiger partial charge in [-0.25, -0.2) is 0 Å². The van der Waals surface area contributed by atoms with Crippen molar-refractivity contribution in [3.05, 3.63) is 11.6 Å². The van der Waals surface area contributed by atoms with Gasteiger partial charge in [0, 0.05) is 20.8 Å². The van der Waals surface area contributed by atoms with Crippen molar-refractivity contribution in [2.24, 2.45) is 5.92 Å². The van der Waals surface area contributed by atoms with Gasteiger partial charge in [0.1, 0.15) is 0 Å². The molecule has 2 nitrogen and oxygen atoms in total. The van der Waals surface area contributed by atoms with E-state index in [0.29, 0.717) is 0 Å². The fourth-order valence-corrected chi connectivity index (χ4v) is 2.06. The Bertz CT molecular complexity index is 165. The van der Waals surface area contributed by atoms with Crippen molar-refractivity contribution in [3.63, 3.8) is 0 Å². The molecule has 1 heterocycles. The molecule has 2 rings (SSSR count). The first-order valence-corrected chi connectivity index (χ1v) is 5.18. The van der Waals surface area contributed by atoms with Crippen molar-refractivity contribution in [1.82, 2.24) is 5.32 Å². The third-order valence-corrected chi connectivity index (χ3v) is 2.69. The van der Waals surface area contributed by atoms with E-state index < -0.39 is 0 Å². The first kappa shape index (κ1) is 10.7. The Morgan fingerprint density at radius 2 is 2.15 bits per heavy atom. The SMILES string of the molecule is C1=C2CNCCC2CCC1.COC. The molecule has 2 heteroatoms. The van der Waals surface area contributed by atoms with Gasteiger partial charge in [0.15, 0.2) is 0 Å². The van der Waals surface area contributed by atoms with Crippen LogP contribution in [-0.4, -0.2) is 27.3 Å². The average Bonchev–Trinajstić information content (AvgIpc) is 2.19. The molecule has 0 radical (unpaired) electrons. The number of ether oxygens (including phenoxy) is 1. The molecule has 1 fully saturated rings. The third-order valence-electron chi connectivity index (χ3n) is 2.69. The van der Waals surface area contributed by atoms with Gasteiger partial charge in [0.05, 0.1) is 0 Å². The highest BCUT2D eigenvalue weighted by molar-refractivity contribution is 5.13. The quantitative estimate of drug-likeness (QED) is 0.580. The number of hydrogen-bond acceptors (Lipinski definition) is 2. The minimum atomic E-state index is 0.954. The zero-order valence-electron chi connectivity index (χ0n) is 8.81. The van der Waals surface area contributed by atoms with E-state index in [2.05, 4.69) is 16.1 Å². The first-order chi connectivity index (χ1) is 6.38. The van der Waals surface area contributed by atoms with Crippen molar-refractivity contribution in [1.29, 1.82) is 0 Å². The summed E-state index contributed by atoms with van der Waals surface area (Å²) < 4.78 is 4.25. The number of rotatable bonds is 0. The summed E-state index contributed by atoms with van der Waals surface area (Å²) in [5, 5.41) is 3.42. The van der Waals surface area contributed by atoms with Crippen LogP contribution in [0, 0.1) is 5.92 Å². The molecule has 13 heavy (non-hydrogen) atoms. The van der Waals surface area contributed by atoms with Gasteiger partial charge in [-0.05, 0) is 38.1 Å². The molecule has 1 unspecified atom stereocenters. The van der Waals surface area contributed by atoms with Gasteiger partial charge in [-0.1, -0.05) is 11.6 Å². The molecule has 0 aromatic heterocycles. The molecular weight excluding hydrogens is 162 g/mol. The second-order valence-electron chi connectivity index (χ2n) is 3.78. The highest BCUT2D eigenvalue weighted by atomic mass is 16.4. The van der Waals surface area contributed by atoms with E-state index >= 15 is 0 Å². The van der Waals surface area contributed by atoms with Gasteiger partial charge in [-0.2, -0.15) is 0 Å². The maximum atomic E-state index is 4.25. The average molecular weight is 183 g/mol. The Balaban J connectivity index is 0.000000251. The smallest absolute Gasteiger partial charge is 0.0351 e. The van der Waals surface area contributed by atoms with Crippen LogP contribution in [0.1, 0.15) is 25.7 Å². The Kier molecular flexibility index (Phi) is 5.09. The standard InChI is InChI=1S/C9H15N.C2H6O/c1-2-4-9-7-10-6-5-8(9)3-1;1-3-2/h4,8,10H,1-3,5-7H2;1-2H3. The molecular formula is C11H21NO. The maximum Gasteiger partial charge on any atom is 0.0351 e. The highest BCUT2D eigenvalue weighted by Crippen LogP contribution is 2.28. The van der Waals surface area contributed by atoms with Crippen LogP contribution >= 0.6 is 0 Å². The Morgan fingerprint density at radius 1 is 1.38 bits per heavy atom. The van der Waals surface area contributed by atoms with Gasteiger partial charge in [0.25, 0.3) is 0 Å². The number of fused-ring (bicyclic) bond motifs is 1. The Morgan fingerprint density at radius 3 is 2.85 bits per heavy atom. The molecule has 0 aromatic carbocycles. The van der Waals surface area contributed by atoms with E-state index in [1.54, 1.807) is 19.8 Å². The first-order valence-electron chi connectivity index (χ1n) is 5.18. The van der Waals surface area contributed by atoms with Gasteiger partial charge < -0.3 is 10.1 Å². The van der Waals surface area contributed by atoms with Crippen molar-refractivity contribution >= 4 is 0 Å². The molecule has 0 spiro atoms. The lowest BCUT2D eigenvalue weighted by Crippen LogP contribution is -2.31. The van der Waals surface area contributed by atoms with Crippen molar-refractivity contribution in [2.45, 2.75) is 25.7 Å². The van der Waals surface area contributed by atoms with Crippen LogP contribution in [0.15, 0.2) is 11.6 Å². The number of piperidine rings is 1. The number of nitrogens with one attached hydrogen (secondary N) is 1. The molecule has 1 aliphatic carbocycles. The van der Waals surface area contributed by atoms with E-state index in [1.807, 2.05) is 0 Å². The molecule has 76 valence electrons. The predicted molar refractivity (Wildman–Crippen MR) is 55.8 cm³/mol. The van der Waals surface area contributed by atoms with Crippen molar-refractivity contribution in [3.8, 4) is 0 Å². The van der Waals surface area contributed by atoms with Crippen LogP contribution in [0.3, 0.4) is 0 Å². The summed E-state index contributed by atoms with van der Waals surface area (Å²) in [6.07, 6.45) is 8.03. The summed E-state index contributed by atoms with van der Waals surface area (Å²) in [4.78, 5) is 0. The Labute approximate surface area is 81.4 Å². The zero-order valence-corrected chi connectivity index (χ0v) is 8.81. The predicted octanol–water partition coefficient (Wildman–Crippen LogP) is 1.97. The molecule has 0 bridgehead atoms. The van der Waals surface area contributed by atoms with Gasteiger partial charge >= 0.3 is 0 Å². The molecule has 0 aromatic rings.